The van der Waals surface area contributed by atoms with Gasteiger partial charge in [-0.15, -0.1) is 69.1 Å². The van der Waals surface area contributed by atoms with Crippen molar-refractivity contribution in [1.29, 1.82) is 0 Å². The minimum absolute atomic E-state index is 0. The second kappa shape index (κ2) is 13.5. The van der Waals surface area contributed by atoms with Crippen molar-refractivity contribution in [3.63, 3.8) is 0 Å². The summed E-state index contributed by atoms with van der Waals surface area (Å²) in [7, 11) is 0. The van der Waals surface area contributed by atoms with Gasteiger partial charge in [0.05, 0.1) is 0 Å². The first-order valence-electron chi connectivity index (χ1n) is 13.9. The summed E-state index contributed by atoms with van der Waals surface area (Å²) in [5.74, 6) is 0. The number of benzene rings is 6. The molecule has 0 atom stereocenters. The van der Waals surface area contributed by atoms with Gasteiger partial charge in [0.15, 0.2) is 0 Å². The molecule has 0 aliphatic rings. The molecule has 8 aromatic carbocycles. The van der Waals surface area contributed by atoms with Crippen molar-refractivity contribution in [1.82, 2.24) is 0 Å². The van der Waals surface area contributed by atoms with Gasteiger partial charge in [0.25, 0.3) is 0 Å². The SMILES string of the molecule is Cc1cc2c(-c3cccc4ccccc34)cccc2[cH-]1.Cc1cc2c(-c3cccc4ccccc34)cccc2[cH-]1.[CH3-].[CH3-].[Hf+4]. The van der Waals surface area contributed by atoms with Gasteiger partial charge in [-0.25, -0.2) is 0 Å². The molecule has 8 rings (SSSR count). The fraction of sp³-hybridized carbons (Fsp3) is 0.0476. The predicted molar refractivity (Wildman–Crippen MR) is 187 cm³/mol. The summed E-state index contributed by atoms with van der Waals surface area (Å²) in [5, 5.41) is 10.6. The molecule has 0 unspecified atom stereocenters. The zero-order chi connectivity index (χ0) is 27.1. The van der Waals surface area contributed by atoms with E-state index in [0.29, 0.717) is 0 Å². The summed E-state index contributed by atoms with van der Waals surface area (Å²) in [5.41, 5.74) is 7.94. The molecular weight excluding hydrogens is 683 g/mol. The van der Waals surface area contributed by atoms with E-state index in [1.54, 1.807) is 0 Å². The maximum atomic E-state index is 2.28. The predicted octanol–water partition coefficient (Wildman–Crippen LogP) is 12.3. The van der Waals surface area contributed by atoms with Crippen LogP contribution in [0.4, 0.5) is 0 Å². The van der Waals surface area contributed by atoms with Gasteiger partial charge in [-0.05, 0) is 32.7 Å². The van der Waals surface area contributed by atoms with Gasteiger partial charge in [0.1, 0.15) is 0 Å². The Morgan fingerprint density at radius 3 is 1.12 bits per heavy atom. The minimum Gasteiger partial charge on any atom is -0.358 e. The molecule has 0 aromatic heterocycles. The number of rotatable bonds is 2. The van der Waals surface area contributed by atoms with Crippen molar-refractivity contribution in [3.8, 4) is 22.3 Å². The van der Waals surface area contributed by atoms with Crippen molar-refractivity contribution < 1.29 is 25.8 Å². The largest absolute Gasteiger partial charge is 4.00 e. The molecular formula is C42H36Hf. The first-order chi connectivity index (χ1) is 19.7. The molecule has 0 radical (unpaired) electrons. The molecule has 0 N–H and O–H groups in total. The average molecular weight is 719 g/mol. The second-order valence-corrected chi connectivity index (χ2v) is 10.7. The van der Waals surface area contributed by atoms with Crippen LogP contribution < -0.4 is 0 Å². The van der Waals surface area contributed by atoms with E-state index in [1.807, 2.05) is 0 Å². The Labute approximate surface area is 275 Å². The topological polar surface area (TPSA) is 0 Å². The first kappa shape index (κ1) is 31.9. The van der Waals surface area contributed by atoms with E-state index in [2.05, 4.69) is 159 Å². The third-order valence-corrected chi connectivity index (χ3v) is 7.95. The molecule has 0 spiro atoms. The summed E-state index contributed by atoms with van der Waals surface area (Å²) < 4.78 is 0. The van der Waals surface area contributed by atoms with Gasteiger partial charge in [-0.1, -0.05) is 122 Å². The van der Waals surface area contributed by atoms with Crippen LogP contribution in [0.15, 0.2) is 146 Å². The molecule has 1 heteroatoms. The molecule has 0 saturated carbocycles. The van der Waals surface area contributed by atoms with E-state index in [-0.39, 0.29) is 40.7 Å². The Balaban J connectivity index is 0.000000184. The van der Waals surface area contributed by atoms with Gasteiger partial charge in [-0.3, -0.25) is 0 Å². The summed E-state index contributed by atoms with van der Waals surface area (Å²) in [4.78, 5) is 0. The standard InChI is InChI=1S/2C20H15.2CH3.Hf/c2*1-14-12-16-8-5-11-19(20(16)13-14)18-10-4-7-15-6-2-3-9-17(15)18;;;/h2*2-13H,1H3;2*1H3;/q4*-1;+4. The fourth-order valence-electron chi connectivity index (χ4n) is 6.16. The number of aryl methyl sites for hydroxylation is 2. The second-order valence-electron chi connectivity index (χ2n) is 10.7. The van der Waals surface area contributed by atoms with Crippen LogP contribution in [0.5, 0.6) is 0 Å². The van der Waals surface area contributed by atoms with Gasteiger partial charge < -0.3 is 14.9 Å². The summed E-state index contributed by atoms with van der Waals surface area (Å²) in [6.45, 7) is 4.32. The number of hydrogen-bond donors (Lipinski definition) is 0. The normalized spacial score (nSPS) is 10.5. The maximum absolute atomic E-state index is 2.28. The van der Waals surface area contributed by atoms with Crippen molar-refractivity contribution >= 4 is 43.1 Å². The van der Waals surface area contributed by atoms with E-state index < -0.39 is 0 Å². The molecule has 0 fully saturated rings. The Morgan fingerprint density at radius 1 is 0.372 bits per heavy atom. The molecule has 0 bridgehead atoms. The van der Waals surface area contributed by atoms with Gasteiger partial charge in [0.2, 0.25) is 0 Å². The quantitative estimate of drug-likeness (QED) is 0.123. The molecule has 0 nitrogen and oxygen atoms in total. The van der Waals surface area contributed by atoms with Crippen molar-refractivity contribution in [2.45, 2.75) is 13.8 Å². The van der Waals surface area contributed by atoms with Gasteiger partial charge >= 0.3 is 25.8 Å². The molecule has 43 heavy (non-hydrogen) atoms. The fourth-order valence-corrected chi connectivity index (χ4v) is 6.16. The average Bonchev–Trinajstić information content (AvgIpc) is 3.57. The smallest absolute Gasteiger partial charge is 0.358 e. The van der Waals surface area contributed by atoms with Crippen LogP contribution in [-0.2, 0) is 25.8 Å². The van der Waals surface area contributed by atoms with Crippen LogP contribution in [-0.4, -0.2) is 0 Å². The Bertz CT molecular complexity index is 1970. The Kier molecular flexibility index (Phi) is 9.99. The summed E-state index contributed by atoms with van der Waals surface area (Å²) in [6.07, 6.45) is 0. The summed E-state index contributed by atoms with van der Waals surface area (Å²) in [6, 6.07) is 52.5. The van der Waals surface area contributed by atoms with Crippen LogP contribution in [0.25, 0.3) is 65.3 Å². The van der Waals surface area contributed by atoms with Crippen LogP contribution in [0, 0.1) is 28.7 Å². The van der Waals surface area contributed by atoms with Crippen LogP contribution >= 0.6 is 0 Å². The van der Waals surface area contributed by atoms with Crippen molar-refractivity contribution in [2.75, 3.05) is 0 Å². The van der Waals surface area contributed by atoms with Crippen LogP contribution in [0.2, 0.25) is 0 Å². The van der Waals surface area contributed by atoms with E-state index in [4.69, 9.17) is 0 Å². The van der Waals surface area contributed by atoms with Crippen molar-refractivity contribution in [2.24, 2.45) is 0 Å². The van der Waals surface area contributed by atoms with E-state index >= 15 is 0 Å². The molecule has 8 aromatic rings. The zero-order valence-corrected chi connectivity index (χ0v) is 28.9. The first-order valence-corrected chi connectivity index (χ1v) is 13.9. The monoisotopic (exact) mass is 720 g/mol. The van der Waals surface area contributed by atoms with Crippen molar-refractivity contribution in [3.05, 3.63) is 172 Å². The van der Waals surface area contributed by atoms with Gasteiger partial charge in [-0.2, -0.15) is 12.1 Å². The van der Waals surface area contributed by atoms with Crippen LogP contribution in [0.1, 0.15) is 11.1 Å². The zero-order valence-electron chi connectivity index (χ0n) is 25.4. The summed E-state index contributed by atoms with van der Waals surface area (Å²) >= 11 is 0. The van der Waals surface area contributed by atoms with Gasteiger partial charge in [0, 0.05) is 0 Å². The molecule has 0 amide bonds. The van der Waals surface area contributed by atoms with E-state index in [0.717, 1.165) is 0 Å². The third kappa shape index (κ3) is 6.05. The molecule has 208 valence electrons. The van der Waals surface area contributed by atoms with E-state index in [1.165, 1.54) is 76.5 Å². The van der Waals surface area contributed by atoms with Crippen LogP contribution in [0.3, 0.4) is 0 Å². The minimum atomic E-state index is 0. The number of hydrogen-bond acceptors (Lipinski definition) is 0. The Morgan fingerprint density at radius 2 is 0.698 bits per heavy atom. The Hall–Kier alpha value is -4.07. The molecule has 0 aliphatic carbocycles. The third-order valence-electron chi connectivity index (χ3n) is 7.95. The maximum Gasteiger partial charge on any atom is 4.00 e. The number of fused-ring (bicyclic) bond motifs is 4. The molecule has 0 saturated heterocycles. The molecule has 0 aliphatic heterocycles. The molecule has 0 heterocycles. The van der Waals surface area contributed by atoms with E-state index in [9.17, 15) is 0 Å².